The molecule has 3 heteroatoms. The maximum absolute atomic E-state index is 11.5. The second-order valence-corrected chi connectivity index (χ2v) is 6.35. The first-order valence-corrected chi connectivity index (χ1v) is 8.70. The monoisotopic (exact) mass is 318 g/mol. The number of ether oxygens (including phenoxy) is 1. The molecule has 23 heavy (non-hydrogen) atoms. The summed E-state index contributed by atoms with van der Waals surface area (Å²) in [4.78, 5) is 23.0. The van der Waals surface area contributed by atoms with E-state index in [1.54, 1.807) is 0 Å². The van der Waals surface area contributed by atoms with Crippen molar-refractivity contribution in [1.82, 2.24) is 0 Å². The van der Waals surface area contributed by atoms with Gasteiger partial charge in [-0.25, -0.2) is 0 Å². The van der Waals surface area contributed by atoms with Crippen molar-refractivity contribution in [1.29, 1.82) is 0 Å². The second-order valence-electron chi connectivity index (χ2n) is 6.35. The van der Waals surface area contributed by atoms with E-state index >= 15 is 0 Å². The summed E-state index contributed by atoms with van der Waals surface area (Å²) >= 11 is 0. The molecular formula is C20H30O3. The van der Waals surface area contributed by atoms with Gasteiger partial charge in [-0.2, -0.15) is 0 Å². The molecule has 0 amide bonds. The Bertz CT molecular complexity index is 476. The number of hydrogen-bond acceptors (Lipinski definition) is 3. The molecule has 0 aliphatic rings. The summed E-state index contributed by atoms with van der Waals surface area (Å²) in [5, 5.41) is 0. The molecule has 0 heterocycles. The van der Waals surface area contributed by atoms with E-state index in [0.29, 0.717) is 12.3 Å². The summed E-state index contributed by atoms with van der Waals surface area (Å²) in [7, 11) is 0. The van der Waals surface area contributed by atoms with Gasteiger partial charge in [-0.05, 0) is 50.3 Å². The lowest BCUT2D eigenvalue weighted by Gasteiger charge is -2.16. The topological polar surface area (TPSA) is 43.4 Å². The fraction of sp³-hybridized carbons (Fsp3) is 0.600. The van der Waals surface area contributed by atoms with Crippen LogP contribution in [0.25, 0.3) is 0 Å². The molecule has 0 saturated carbocycles. The quantitative estimate of drug-likeness (QED) is 0.559. The Labute approximate surface area is 140 Å². The highest BCUT2D eigenvalue weighted by Crippen LogP contribution is 2.19. The van der Waals surface area contributed by atoms with Gasteiger partial charge >= 0.3 is 0 Å². The van der Waals surface area contributed by atoms with E-state index in [1.807, 2.05) is 24.3 Å². The number of benzene rings is 1. The van der Waals surface area contributed by atoms with Gasteiger partial charge < -0.3 is 4.74 Å². The summed E-state index contributed by atoms with van der Waals surface area (Å²) in [5.74, 6) is 0.791. The van der Waals surface area contributed by atoms with E-state index in [0.717, 1.165) is 24.3 Å². The Kier molecular flexibility index (Phi) is 8.60. The zero-order valence-electron chi connectivity index (χ0n) is 14.9. The maximum atomic E-state index is 11.5. The van der Waals surface area contributed by atoms with Crippen LogP contribution in [0.15, 0.2) is 24.3 Å². The maximum Gasteiger partial charge on any atom is 0.140 e. The molecule has 128 valence electrons. The Morgan fingerprint density at radius 3 is 2.13 bits per heavy atom. The highest BCUT2D eigenvalue weighted by Gasteiger charge is 2.19. The summed E-state index contributed by atoms with van der Waals surface area (Å²) in [5.41, 5.74) is 0.991. The molecule has 1 rings (SSSR count). The number of rotatable bonds is 11. The Morgan fingerprint density at radius 1 is 1.04 bits per heavy atom. The van der Waals surface area contributed by atoms with Crippen LogP contribution in [-0.2, 0) is 16.0 Å². The molecule has 0 saturated heterocycles. The molecular weight excluding hydrogens is 288 g/mol. The molecule has 1 unspecified atom stereocenters. The van der Waals surface area contributed by atoms with Crippen molar-refractivity contribution in [3.05, 3.63) is 29.8 Å². The summed E-state index contributed by atoms with van der Waals surface area (Å²) < 4.78 is 5.88. The molecule has 3 nitrogen and oxygen atoms in total. The van der Waals surface area contributed by atoms with Crippen LogP contribution in [0, 0.1) is 11.8 Å². The minimum atomic E-state index is -0.528. The van der Waals surface area contributed by atoms with Crippen molar-refractivity contribution in [3.63, 3.8) is 0 Å². The number of carbonyl (C=O) groups is 2. The van der Waals surface area contributed by atoms with Gasteiger partial charge in [-0.15, -0.1) is 0 Å². The van der Waals surface area contributed by atoms with E-state index in [9.17, 15) is 9.59 Å². The normalized spacial score (nSPS) is 12.2. The zero-order valence-corrected chi connectivity index (χ0v) is 14.9. The number of ketones is 2. The van der Waals surface area contributed by atoms with Crippen LogP contribution in [-0.4, -0.2) is 18.2 Å². The standard InChI is InChI=1S/C20H30O3/c1-5-7-8-17(6-2)14-23-19-11-9-18(10-12-19)13-20(15(3)21)16(4)22/h9-12,17,20H,5-8,13-14H2,1-4H3. The molecule has 0 spiro atoms. The van der Waals surface area contributed by atoms with Crippen LogP contribution < -0.4 is 4.74 Å². The number of Topliss-reactive ketones (excluding diaryl/α,β-unsaturated/α-hetero) is 2. The average Bonchev–Trinajstić information content (AvgIpc) is 2.53. The molecule has 0 aromatic heterocycles. The predicted molar refractivity (Wildman–Crippen MR) is 93.8 cm³/mol. The zero-order chi connectivity index (χ0) is 17.2. The SMILES string of the molecule is CCCCC(CC)COc1ccc(CC(C(C)=O)C(C)=O)cc1. The molecule has 0 fully saturated rings. The van der Waals surface area contributed by atoms with Crippen molar-refractivity contribution in [2.75, 3.05) is 6.61 Å². The summed E-state index contributed by atoms with van der Waals surface area (Å²) in [6, 6.07) is 7.75. The predicted octanol–water partition coefficient (Wildman–Crippen LogP) is 4.62. The molecule has 0 bridgehead atoms. The molecule has 0 radical (unpaired) electrons. The number of unbranched alkanes of at least 4 members (excludes halogenated alkanes) is 1. The number of carbonyl (C=O) groups excluding carboxylic acids is 2. The molecule has 0 aliphatic carbocycles. The lowest BCUT2D eigenvalue weighted by atomic mass is 9.93. The third kappa shape index (κ3) is 6.98. The molecule has 0 aliphatic heterocycles. The first-order chi connectivity index (χ1) is 11.0. The second kappa shape index (κ2) is 10.2. The van der Waals surface area contributed by atoms with Gasteiger partial charge in [0.1, 0.15) is 17.3 Å². The van der Waals surface area contributed by atoms with Crippen LogP contribution in [0.4, 0.5) is 0 Å². The fourth-order valence-corrected chi connectivity index (χ4v) is 2.64. The Hall–Kier alpha value is -1.64. The minimum absolute atomic E-state index is 0.0699. The van der Waals surface area contributed by atoms with Crippen molar-refractivity contribution < 1.29 is 14.3 Å². The van der Waals surface area contributed by atoms with Crippen molar-refractivity contribution in [2.24, 2.45) is 11.8 Å². The minimum Gasteiger partial charge on any atom is -0.493 e. The van der Waals surface area contributed by atoms with Crippen LogP contribution in [0.2, 0.25) is 0 Å². The molecule has 1 aromatic rings. The highest BCUT2D eigenvalue weighted by atomic mass is 16.5. The number of hydrogen-bond donors (Lipinski definition) is 0. The first-order valence-electron chi connectivity index (χ1n) is 8.70. The summed E-state index contributed by atoms with van der Waals surface area (Å²) in [6.07, 6.45) is 5.29. The Morgan fingerprint density at radius 2 is 1.65 bits per heavy atom. The van der Waals surface area contributed by atoms with E-state index in [4.69, 9.17) is 4.74 Å². The van der Waals surface area contributed by atoms with Gasteiger partial charge in [-0.1, -0.05) is 45.2 Å². The summed E-state index contributed by atoms with van der Waals surface area (Å²) in [6.45, 7) is 8.12. The van der Waals surface area contributed by atoms with Crippen LogP contribution in [0.3, 0.4) is 0 Å². The van der Waals surface area contributed by atoms with Gasteiger partial charge in [-0.3, -0.25) is 9.59 Å². The van der Waals surface area contributed by atoms with E-state index in [2.05, 4.69) is 13.8 Å². The third-order valence-corrected chi connectivity index (χ3v) is 4.37. The van der Waals surface area contributed by atoms with Crippen molar-refractivity contribution in [3.8, 4) is 5.75 Å². The smallest absolute Gasteiger partial charge is 0.140 e. The molecule has 1 atom stereocenters. The Balaban J connectivity index is 2.55. The van der Waals surface area contributed by atoms with Gasteiger partial charge in [0.25, 0.3) is 0 Å². The van der Waals surface area contributed by atoms with Crippen LogP contribution in [0.1, 0.15) is 58.9 Å². The molecule has 1 aromatic carbocycles. The van der Waals surface area contributed by atoms with Crippen LogP contribution >= 0.6 is 0 Å². The van der Waals surface area contributed by atoms with Gasteiger partial charge in [0.05, 0.1) is 12.5 Å². The average molecular weight is 318 g/mol. The van der Waals surface area contributed by atoms with Crippen molar-refractivity contribution >= 4 is 11.6 Å². The molecule has 0 N–H and O–H groups in total. The van der Waals surface area contributed by atoms with Crippen molar-refractivity contribution in [2.45, 2.75) is 59.8 Å². The highest BCUT2D eigenvalue weighted by molar-refractivity contribution is 6.00. The lowest BCUT2D eigenvalue weighted by molar-refractivity contribution is -0.130. The van der Waals surface area contributed by atoms with Gasteiger partial charge in [0.15, 0.2) is 0 Å². The van der Waals surface area contributed by atoms with Crippen LogP contribution in [0.5, 0.6) is 5.75 Å². The van der Waals surface area contributed by atoms with E-state index in [-0.39, 0.29) is 11.6 Å². The van der Waals surface area contributed by atoms with Gasteiger partial charge in [0, 0.05) is 0 Å². The lowest BCUT2D eigenvalue weighted by Crippen LogP contribution is -2.21. The van der Waals surface area contributed by atoms with Gasteiger partial charge in [0.2, 0.25) is 0 Å². The third-order valence-electron chi connectivity index (χ3n) is 4.37. The largest absolute Gasteiger partial charge is 0.493 e. The first kappa shape index (κ1) is 19.4. The fourth-order valence-electron chi connectivity index (χ4n) is 2.64. The van der Waals surface area contributed by atoms with E-state index in [1.165, 1.54) is 33.1 Å². The van der Waals surface area contributed by atoms with E-state index < -0.39 is 5.92 Å².